The van der Waals surface area contributed by atoms with E-state index in [0.29, 0.717) is 18.0 Å². The predicted molar refractivity (Wildman–Crippen MR) is 96.6 cm³/mol. The van der Waals surface area contributed by atoms with Gasteiger partial charge in [-0.15, -0.1) is 0 Å². The van der Waals surface area contributed by atoms with Crippen LogP contribution in [0.5, 0.6) is 0 Å². The summed E-state index contributed by atoms with van der Waals surface area (Å²) in [4.78, 5) is 41.0. The first-order valence-electron chi connectivity index (χ1n) is 8.44. The summed E-state index contributed by atoms with van der Waals surface area (Å²) in [7, 11) is -2.39. The lowest BCUT2D eigenvalue weighted by Crippen LogP contribution is -2.45. The van der Waals surface area contributed by atoms with Crippen LogP contribution in [0.4, 0.5) is 9.93 Å². The van der Waals surface area contributed by atoms with E-state index < -0.39 is 16.1 Å². The van der Waals surface area contributed by atoms with Gasteiger partial charge in [0, 0.05) is 43.8 Å². The molecule has 1 N–H and O–H groups in total. The molecule has 1 aromatic heterocycles. The van der Waals surface area contributed by atoms with Crippen LogP contribution < -0.4 is 5.32 Å². The number of ether oxygens (including phenoxy) is 1. The molecule has 3 rings (SSSR count). The molecule has 3 amide bonds. The number of likely N-dealkylation sites (tertiary alicyclic amines) is 1. The molecule has 0 aliphatic carbocycles. The van der Waals surface area contributed by atoms with Crippen molar-refractivity contribution in [2.24, 2.45) is 0 Å². The van der Waals surface area contributed by atoms with Gasteiger partial charge in [0.1, 0.15) is 0 Å². The summed E-state index contributed by atoms with van der Waals surface area (Å²) in [6, 6.07) is 0. The van der Waals surface area contributed by atoms with Crippen LogP contribution in [-0.2, 0) is 37.3 Å². The summed E-state index contributed by atoms with van der Waals surface area (Å²) >= 11 is 1.20. The average molecular weight is 416 g/mol. The molecule has 0 saturated carbocycles. The maximum Gasteiger partial charge on any atom is 0.413 e. The monoisotopic (exact) mass is 416 g/mol. The fraction of sp³-hybridized carbons (Fsp3) is 0.600. The molecule has 0 aromatic carbocycles. The number of hydrogen-bond acceptors (Lipinski definition) is 8. The molecule has 0 bridgehead atoms. The number of imide groups is 1. The van der Waals surface area contributed by atoms with E-state index in [0.717, 1.165) is 15.5 Å². The molecule has 0 radical (unpaired) electrons. The van der Waals surface area contributed by atoms with Crippen molar-refractivity contribution in [2.75, 3.05) is 31.3 Å². The lowest BCUT2D eigenvalue weighted by atomic mass is 10.1. The summed E-state index contributed by atoms with van der Waals surface area (Å²) in [5.41, 5.74) is 0.749. The smallest absolute Gasteiger partial charge is 0.413 e. The Morgan fingerprint density at radius 3 is 2.63 bits per heavy atom. The highest BCUT2D eigenvalue weighted by Crippen LogP contribution is 2.29. The lowest BCUT2D eigenvalue weighted by molar-refractivity contribution is -0.147. The molecule has 3 heterocycles. The van der Waals surface area contributed by atoms with E-state index in [2.05, 4.69) is 15.0 Å². The first kappa shape index (κ1) is 19.7. The number of aromatic nitrogens is 1. The Balaban J connectivity index is 1.64. The number of sulfonamides is 1. The van der Waals surface area contributed by atoms with Gasteiger partial charge in [0.25, 0.3) is 0 Å². The van der Waals surface area contributed by atoms with Crippen molar-refractivity contribution < 1.29 is 27.5 Å². The van der Waals surface area contributed by atoms with E-state index in [9.17, 15) is 22.8 Å². The van der Waals surface area contributed by atoms with Crippen molar-refractivity contribution in [1.82, 2.24) is 14.2 Å². The van der Waals surface area contributed by atoms with Crippen LogP contribution >= 0.6 is 11.3 Å². The molecule has 27 heavy (non-hydrogen) atoms. The first-order valence-corrected chi connectivity index (χ1v) is 10.9. The zero-order valence-electron chi connectivity index (χ0n) is 14.8. The number of piperidine rings is 1. The van der Waals surface area contributed by atoms with Gasteiger partial charge in [0.05, 0.1) is 18.6 Å². The third-order valence-corrected chi connectivity index (χ3v) is 7.24. The van der Waals surface area contributed by atoms with Crippen molar-refractivity contribution in [2.45, 2.75) is 32.2 Å². The molecule has 10 nitrogen and oxygen atoms in total. The summed E-state index contributed by atoms with van der Waals surface area (Å²) in [6.07, 6.45) is 0.853. The topological polar surface area (TPSA) is 126 Å². The minimum absolute atomic E-state index is 0.124. The number of nitrogens with zero attached hydrogens (tertiary/aromatic N) is 3. The van der Waals surface area contributed by atoms with Crippen LogP contribution in [0.25, 0.3) is 0 Å². The SMILES string of the molecule is COC(=O)Nc1nc2c(s1)CN(S(=O)(=O)CCN1C(=O)CCCC1=O)CC2. The Bertz CT molecular complexity index is 850. The summed E-state index contributed by atoms with van der Waals surface area (Å²) < 4.78 is 31.2. The summed E-state index contributed by atoms with van der Waals surface area (Å²) in [5.74, 6) is -0.932. The number of fused-ring (bicyclic) bond motifs is 1. The molecule has 0 unspecified atom stereocenters. The van der Waals surface area contributed by atoms with Gasteiger partial charge in [0.2, 0.25) is 21.8 Å². The van der Waals surface area contributed by atoms with Gasteiger partial charge in [-0.1, -0.05) is 11.3 Å². The van der Waals surface area contributed by atoms with Crippen molar-refractivity contribution in [3.8, 4) is 0 Å². The molecular formula is C15H20N4O6S2. The van der Waals surface area contributed by atoms with Gasteiger partial charge >= 0.3 is 6.09 Å². The van der Waals surface area contributed by atoms with Crippen molar-refractivity contribution in [3.05, 3.63) is 10.6 Å². The Kier molecular flexibility index (Phi) is 5.77. The van der Waals surface area contributed by atoms with Gasteiger partial charge in [-0.05, 0) is 6.42 Å². The third-order valence-electron chi connectivity index (χ3n) is 4.44. The number of carbonyl (C=O) groups is 3. The molecule has 1 fully saturated rings. The number of rotatable bonds is 5. The Morgan fingerprint density at radius 2 is 1.96 bits per heavy atom. The fourth-order valence-electron chi connectivity index (χ4n) is 2.99. The van der Waals surface area contributed by atoms with Crippen LogP contribution in [0.2, 0.25) is 0 Å². The quantitative estimate of drug-likeness (QED) is 0.695. The van der Waals surface area contributed by atoms with Crippen LogP contribution in [0, 0.1) is 0 Å². The molecule has 0 spiro atoms. The Labute approximate surface area is 160 Å². The molecular weight excluding hydrogens is 396 g/mol. The molecule has 12 heteroatoms. The maximum absolute atomic E-state index is 12.7. The second kappa shape index (κ2) is 7.90. The van der Waals surface area contributed by atoms with Crippen LogP contribution in [-0.4, -0.2) is 66.5 Å². The predicted octanol–water partition coefficient (Wildman–Crippen LogP) is 0.548. The zero-order chi connectivity index (χ0) is 19.6. The lowest BCUT2D eigenvalue weighted by Gasteiger charge is -2.28. The highest BCUT2D eigenvalue weighted by Gasteiger charge is 2.32. The maximum atomic E-state index is 12.7. The number of nitrogens with one attached hydrogen (secondary N) is 1. The average Bonchev–Trinajstić information content (AvgIpc) is 3.02. The second-order valence-corrected chi connectivity index (χ2v) is 9.37. The van der Waals surface area contributed by atoms with Gasteiger partial charge in [-0.3, -0.25) is 19.8 Å². The number of hydrogen-bond donors (Lipinski definition) is 1. The van der Waals surface area contributed by atoms with Gasteiger partial charge in [-0.2, -0.15) is 4.31 Å². The molecule has 1 saturated heterocycles. The van der Waals surface area contributed by atoms with Crippen LogP contribution in [0.15, 0.2) is 0 Å². The summed E-state index contributed by atoms with van der Waals surface area (Å²) in [5, 5.41) is 2.83. The number of methoxy groups -OCH3 is 1. The number of anilines is 1. The standard InChI is InChI=1S/C15H20N4O6S2/c1-25-15(22)17-14-16-10-5-6-18(9-11(10)26-14)27(23,24)8-7-19-12(20)3-2-4-13(19)21/h2-9H2,1H3,(H,16,17,22). The van der Waals surface area contributed by atoms with Crippen molar-refractivity contribution >= 4 is 44.4 Å². The minimum atomic E-state index is -3.64. The highest BCUT2D eigenvalue weighted by molar-refractivity contribution is 7.89. The minimum Gasteiger partial charge on any atom is -0.453 e. The molecule has 0 atom stereocenters. The van der Waals surface area contributed by atoms with Gasteiger partial charge < -0.3 is 4.74 Å². The van der Waals surface area contributed by atoms with E-state index >= 15 is 0 Å². The number of amides is 3. The first-order chi connectivity index (χ1) is 12.8. The van der Waals surface area contributed by atoms with E-state index in [4.69, 9.17) is 0 Å². The molecule has 1 aromatic rings. The highest BCUT2D eigenvalue weighted by atomic mass is 32.2. The Morgan fingerprint density at radius 1 is 1.26 bits per heavy atom. The van der Waals surface area contributed by atoms with Gasteiger partial charge in [-0.25, -0.2) is 18.2 Å². The molecule has 148 valence electrons. The number of thiazole rings is 1. The van der Waals surface area contributed by atoms with E-state index in [-0.39, 0.29) is 50.0 Å². The van der Waals surface area contributed by atoms with Crippen molar-refractivity contribution in [1.29, 1.82) is 0 Å². The van der Waals surface area contributed by atoms with E-state index in [1.54, 1.807) is 0 Å². The largest absolute Gasteiger partial charge is 0.453 e. The van der Waals surface area contributed by atoms with Crippen LogP contribution in [0.1, 0.15) is 29.8 Å². The number of carbonyl (C=O) groups excluding carboxylic acids is 3. The van der Waals surface area contributed by atoms with Gasteiger partial charge in [0.15, 0.2) is 5.13 Å². The zero-order valence-corrected chi connectivity index (χ0v) is 16.4. The van der Waals surface area contributed by atoms with Crippen molar-refractivity contribution in [3.63, 3.8) is 0 Å². The summed E-state index contributed by atoms with van der Waals surface area (Å²) in [6.45, 7) is 0.292. The van der Waals surface area contributed by atoms with E-state index in [1.165, 1.54) is 22.8 Å². The normalized spacial score (nSPS) is 18.3. The Hall–Kier alpha value is -2.05. The molecule has 2 aliphatic rings. The second-order valence-electron chi connectivity index (χ2n) is 6.20. The third kappa shape index (κ3) is 4.45. The van der Waals surface area contributed by atoms with Crippen LogP contribution in [0.3, 0.4) is 0 Å². The van der Waals surface area contributed by atoms with E-state index in [1.807, 2.05) is 0 Å². The molecule has 2 aliphatic heterocycles. The fourth-order valence-corrected chi connectivity index (χ4v) is 5.44.